The first-order chi connectivity index (χ1) is 15.9. The number of hydrogen-bond donors (Lipinski definition) is 0. The molecule has 1 unspecified atom stereocenters. The smallest absolute Gasteiger partial charge is 0.416 e. The van der Waals surface area contributed by atoms with Crippen molar-refractivity contribution in [1.29, 1.82) is 0 Å². The summed E-state index contributed by atoms with van der Waals surface area (Å²) in [6, 6.07) is 6.31. The van der Waals surface area contributed by atoms with Gasteiger partial charge in [0.05, 0.1) is 17.9 Å². The molecule has 34 heavy (non-hydrogen) atoms. The Kier molecular flexibility index (Phi) is 6.71. The molecule has 2 heterocycles. The summed E-state index contributed by atoms with van der Waals surface area (Å²) in [6.45, 7) is 1.23. The minimum absolute atomic E-state index is 0.127. The highest BCUT2D eigenvalue weighted by molar-refractivity contribution is 7.88. The Bertz CT molecular complexity index is 1150. The Morgan fingerprint density at radius 2 is 1.65 bits per heavy atom. The predicted molar refractivity (Wildman–Crippen MR) is 116 cm³/mol. The molecular formula is C23H23F5N2O3S. The van der Waals surface area contributed by atoms with Crippen LogP contribution in [0.5, 0.6) is 5.75 Å². The van der Waals surface area contributed by atoms with E-state index in [0.717, 1.165) is 30.5 Å². The standard InChI is InChI=1S/C23H23F5N2O3S/c1-34(31,32)30-9-3-2-4-21(30)16-10-19(24)22(20(25)11-16)33-18-13-29(14-18)12-15-5-7-17(8-6-15)23(26,27)28/h2-3,5-8,10-11,18,21H,4,9,12-14H2,1H3. The van der Waals surface area contributed by atoms with Gasteiger partial charge in [0.25, 0.3) is 0 Å². The van der Waals surface area contributed by atoms with Crippen LogP contribution in [0.2, 0.25) is 0 Å². The van der Waals surface area contributed by atoms with Gasteiger partial charge in [0.15, 0.2) is 17.4 Å². The van der Waals surface area contributed by atoms with Gasteiger partial charge in [0.1, 0.15) is 6.10 Å². The minimum Gasteiger partial charge on any atom is -0.482 e. The fraction of sp³-hybridized carbons (Fsp3) is 0.391. The lowest BCUT2D eigenvalue weighted by Gasteiger charge is -2.39. The Hall–Kier alpha value is -2.50. The molecule has 0 aliphatic carbocycles. The highest BCUT2D eigenvalue weighted by Gasteiger charge is 2.33. The number of nitrogens with zero attached hydrogens (tertiary/aromatic N) is 2. The number of halogens is 5. The SMILES string of the molecule is CS(=O)(=O)N1CC=CCC1c1cc(F)c(OC2CN(Cc3ccc(C(F)(F)F)cc3)C2)c(F)c1. The lowest BCUT2D eigenvalue weighted by atomic mass is 10.0. The summed E-state index contributed by atoms with van der Waals surface area (Å²) in [5.41, 5.74) is 0.166. The molecule has 2 aliphatic rings. The van der Waals surface area contributed by atoms with Gasteiger partial charge in [-0.1, -0.05) is 24.3 Å². The highest BCUT2D eigenvalue weighted by Crippen LogP contribution is 2.35. The van der Waals surface area contributed by atoms with Crippen LogP contribution in [-0.2, 0) is 22.7 Å². The second-order valence-corrected chi connectivity index (χ2v) is 10.4. The number of sulfonamides is 1. The normalized spacial score (nSPS) is 20.4. The summed E-state index contributed by atoms with van der Waals surface area (Å²) >= 11 is 0. The molecule has 0 saturated carbocycles. The van der Waals surface area contributed by atoms with Gasteiger partial charge in [0.2, 0.25) is 10.0 Å². The van der Waals surface area contributed by atoms with Crippen LogP contribution < -0.4 is 4.74 Å². The van der Waals surface area contributed by atoms with Crippen molar-refractivity contribution < 1.29 is 35.1 Å². The van der Waals surface area contributed by atoms with Crippen molar-refractivity contribution >= 4 is 10.0 Å². The van der Waals surface area contributed by atoms with Gasteiger partial charge < -0.3 is 4.74 Å². The van der Waals surface area contributed by atoms with Crippen molar-refractivity contribution in [2.24, 2.45) is 0 Å². The van der Waals surface area contributed by atoms with Crippen LogP contribution in [0.3, 0.4) is 0 Å². The third kappa shape index (κ3) is 5.42. The van der Waals surface area contributed by atoms with Gasteiger partial charge in [-0.3, -0.25) is 4.90 Å². The zero-order valence-corrected chi connectivity index (χ0v) is 19.0. The van der Waals surface area contributed by atoms with E-state index in [2.05, 4.69) is 0 Å². The van der Waals surface area contributed by atoms with E-state index in [1.54, 1.807) is 12.2 Å². The van der Waals surface area contributed by atoms with Gasteiger partial charge in [-0.05, 0) is 41.8 Å². The monoisotopic (exact) mass is 502 g/mol. The fourth-order valence-electron chi connectivity index (χ4n) is 4.15. The third-order valence-electron chi connectivity index (χ3n) is 5.89. The van der Waals surface area contributed by atoms with Crippen LogP contribution in [0.4, 0.5) is 22.0 Å². The molecule has 0 amide bonds. The quantitative estimate of drug-likeness (QED) is 0.431. The third-order valence-corrected chi connectivity index (χ3v) is 7.14. The Morgan fingerprint density at radius 3 is 2.21 bits per heavy atom. The molecule has 2 aromatic carbocycles. The fourth-order valence-corrected chi connectivity index (χ4v) is 5.18. The van der Waals surface area contributed by atoms with Crippen LogP contribution in [-0.4, -0.2) is 49.6 Å². The van der Waals surface area contributed by atoms with Gasteiger partial charge in [-0.15, -0.1) is 0 Å². The van der Waals surface area contributed by atoms with Crippen molar-refractivity contribution in [1.82, 2.24) is 9.21 Å². The Labute approximate surface area is 194 Å². The first-order valence-corrected chi connectivity index (χ1v) is 12.4. The van der Waals surface area contributed by atoms with Crippen LogP contribution in [0, 0.1) is 11.6 Å². The largest absolute Gasteiger partial charge is 0.482 e. The molecule has 0 bridgehead atoms. The van der Waals surface area contributed by atoms with E-state index >= 15 is 0 Å². The van der Waals surface area contributed by atoms with Crippen molar-refractivity contribution in [2.45, 2.75) is 31.3 Å². The maximum absolute atomic E-state index is 14.7. The molecule has 1 atom stereocenters. The predicted octanol–water partition coefficient (Wildman–Crippen LogP) is 4.51. The lowest BCUT2D eigenvalue weighted by Crippen LogP contribution is -2.53. The topological polar surface area (TPSA) is 49.9 Å². The lowest BCUT2D eigenvalue weighted by molar-refractivity contribution is -0.137. The van der Waals surface area contributed by atoms with Gasteiger partial charge in [-0.25, -0.2) is 17.2 Å². The van der Waals surface area contributed by atoms with E-state index in [0.29, 0.717) is 31.6 Å². The second-order valence-electron chi connectivity index (χ2n) is 8.50. The van der Waals surface area contributed by atoms with Crippen LogP contribution in [0.25, 0.3) is 0 Å². The summed E-state index contributed by atoms with van der Waals surface area (Å²) in [6.07, 6.45) is -0.0610. The average Bonchev–Trinajstić information content (AvgIpc) is 2.73. The maximum atomic E-state index is 14.7. The number of rotatable bonds is 6. The first-order valence-electron chi connectivity index (χ1n) is 10.6. The molecule has 0 radical (unpaired) electrons. The Morgan fingerprint density at radius 1 is 1.03 bits per heavy atom. The molecule has 0 spiro atoms. The van der Waals surface area contributed by atoms with Gasteiger partial charge >= 0.3 is 6.18 Å². The average molecular weight is 503 g/mol. The van der Waals surface area contributed by atoms with Crippen molar-refractivity contribution in [2.75, 3.05) is 25.9 Å². The molecule has 184 valence electrons. The van der Waals surface area contributed by atoms with E-state index in [9.17, 15) is 30.4 Å². The first kappa shape index (κ1) is 24.6. The molecule has 11 heteroatoms. The highest BCUT2D eigenvalue weighted by atomic mass is 32.2. The number of ether oxygens (including phenoxy) is 1. The van der Waals surface area contributed by atoms with Gasteiger partial charge in [-0.2, -0.15) is 17.5 Å². The van der Waals surface area contributed by atoms with Crippen molar-refractivity contribution in [3.05, 3.63) is 76.9 Å². The summed E-state index contributed by atoms with van der Waals surface area (Å²) < 4.78 is 98.2. The zero-order chi connectivity index (χ0) is 24.7. The van der Waals surface area contributed by atoms with Crippen molar-refractivity contribution in [3.63, 3.8) is 0 Å². The molecule has 2 aliphatic heterocycles. The molecule has 4 rings (SSSR count). The van der Waals surface area contributed by atoms with Crippen LogP contribution >= 0.6 is 0 Å². The molecular weight excluding hydrogens is 479 g/mol. The summed E-state index contributed by atoms with van der Waals surface area (Å²) in [4.78, 5) is 1.88. The maximum Gasteiger partial charge on any atom is 0.416 e. The summed E-state index contributed by atoms with van der Waals surface area (Å²) in [5.74, 6) is -2.36. The molecule has 2 aromatic rings. The molecule has 0 N–H and O–H groups in total. The minimum atomic E-state index is -4.39. The number of hydrogen-bond acceptors (Lipinski definition) is 4. The van der Waals surface area contributed by atoms with E-state index in [4.69, 9.17) is 4.74 Å². The zero-order valence-electron chi connectivity index (χ0n) is 18.2. The van der Waals surface area contributed by atoms with Crippen molar-refractivity contribution in [3.8, 4) is 5.75 Å². The van der Waals surface area contributed by atoms with E-state index < -0.39 is 51.3 Å². The van der Waals surface area contributed by atoms with Gasteiger partial charge in [0, 0.05) is 26.2 Å². The second kappa shape index (κ2) is 9.27. The summed E-state index contributed by atoms with van der Waals surface area (Å²) in [7, 11) is -3.57. The molecule has 5 nitrogen and oxygen atoms in total. The van der Waals surface area contributed by atoms with E-state index in [1.807, 2.05) is 4.90 Å². The number of likely N-dealkylation sites (tertiary alicyclic amines) is 1. The number of benzene rings is 2. The molecule has 0 aromatic heterocycles. The Balaban J connectivity index is 1.38. The molecule has 1 fully saturated rings. The van der Waals surface area contributed by atoms with Crippen LogP contribution in [0.1, 0.15) is 29.2 Å². The molecule has 1 saturated heterocycles. The van der Waals surface area contributed by atoms with E-state index in [1.165, 1.54) is 16.4 Å². The number of alkyl halides is 3. The van der Waals surface area contributed by atoms with E-state index in [-0.39, 0.29) is 12.1 Å². The van der Waals surface area contributed by atoms with Crippen LogP contribution in [0.15, 0.2) is 48.6 Å². The summed E-state index contributed by atoms with van der Waals surface area (Å²) in [5, 5.41) is 0.